The van der Waals surface area contributed by atoms with Crippen LogP contribution in [0.2, 0.25) is 0 Å². The van der Waals surface area contributed by atoms with Crippen LogP contribution in [0.15, 0.2) is 24.3 Å². The molecule has 0 aromatic heterocycles. The molecule has 138 valence electrons. The van der Waals surface area contributed by atoms with Crippen LogP contribution in [0, 0.1) is 0 Å². The van der Waals surface area contributed by atoms with E-state index in [2.05, 4.69) is 48.0 Å². The van der Waals surface area contributed by atoms with Crippen LogP contribution in [0.4, 0.5) is 0 Å². The minimum Gasteiger partial charge on any atom is -0.334 e. The van der Waals surface area contributed by atoms with E-state index >= 15 is 0 Å². The summed E-state index contributed by atoms with van der Waals surface area (Å²) in [4.78, 5) is 17.5. The molecule has 0 bridgehead atoms. The number of hydrogen-bond acceptors (Lipinski definition) is 3. The zero-order chi connectivity index (χ0) is 17.8. The van der Waals surface area contributed by atoms with E-state index in [1.807, 2.05) is 12.1 Å². The fourth-order valence-electron chi connectivity index (χ4n) is 3.75. The van der Waals surface area contributed by atoms with Gasteiger partial charge in [-0.25, -0.2) is 0 Å². The maximum absolute atomic E-state index is 13.0. The summed E-state index contributed by atoms with van der Waals surface area (Å²) in [5, 5.41) is 3.52. The van der Waals surface area contributed by atoms with Gasteiger partial charge in [0.05, 0.1) is 0 Å². The molecular weight excluding hydrogens is 310 g/mol. The molecule has 4 nitrogen and oxygen atoms in total. The Balaban J connectivity index is 1.64. The highest BCUT2D eigenvalue weighted by molar-refractivity contribution is 5.94. The third kappa shape index (κ3) is 4.83. The van der Waals surface area contributed by atoms with Crippen molar-refractivity contribution in [2.75, 3.05) is 19.6 Å². The van der Waals surface area contributed by atoms with E-state index < -0.39 is 0 Å². The lowest BCUT2D eigenvalue weighted by Gasteiger charge is -2.26. The molecule has 25 heavy (non-hydrogen) atoms. The van der Waals surface area contributed by atoms with E-state index in [1.165, 1.54) is 18.4 Å². The van der Waals surface area contributed by atoms with Gasteiger partial charge in [-0.2, -0.15) is 0 Å². The number of rotatable bonds is 8. The van der Waals surface area contributed by atoms with E-state index in [1.54, 1.807) is 0 Å². The van der Waals surface area contributed by atoms with Crippen LogP contribution in [-0.4, -0.2) is 53.5 Å². The van der Waals surface area contributed by atoms with Gasteiger partial charge < -0.3 is 10.2 Å². The molecule has 1 atom stereocenters. The van der Waals surface area contributed by atoms with Crippen LogP contribution >= 0.6 is 0 Å². The number of hydrogen-bond donors (Lipinski definition) is 1. The minimum atomic E-state index is 0.207. The summed E-state index contributed by atoms with van der Waals surface area (Å²) in [6.45, 7) is 10.6. The smallest absolute Gasteiger partial charge is 0.254 e. The van der Waals surface area contributed by atoms with Crippen LogP contribution in [0.3, 0.4) is 0 Å². The van der Waals surface area contributed by atoms with Gasteiger partial charge in [-0.05, 0) is 70.3 Å². The Morgan fingerprint density at radius 2 is 1.92 bits per heavy atom. The first-order chi connectivity index (χ1) is 12.1. The largest absolute Gasteiger partial charge is 0.334 e. The minimum absolute atomic E-state index is 0.207. The molecule has 2 aliphatic rings. The lowest BCUT2D eigenvalue weighted by atomic mass is 10.1. The van der Waals surface area contributed by atoms with Gasteiger partial charge in [-0.1, -0.05) is 19.1 Å². The van der Waals surface area contributed by atoms with Crippen LogP contribution < -0.4 is 5.32 Å². The number of carbonyl (C=O) groups is 1. The fourth-order valence-corrected chi connectivity index (χ4v) is 3.75. The van der Waals surface area contributed by atoms with Gasteiger partial charge in [0.15, 0.2) is 0 Å². The van der Waals surface area contributed by atoms with Crippen molar-refractivity contribution in [2.24, 2.45) is 0 Å². The predicted molar refractivity (Wildman–Crippen MR) is 103 cm³/mol. The van der Waals surface area contributed by atoms with Crippen LogP contribution in [0.5, 0.6) is 0 Å². The molecule has 1 heterocycles. The molecule has 1 saturated carbocycles. The van der Waals surface area contributed by atoms with E-state index in [4.69, 9.17) is 0 Å². The highest BCUT2D eigenvalue weighted by Crippen LogP contribution is 2.29. The lowest BCUT2D eigenvalue weighted by Crippen LogP contribution is -2.42. The Morgan fingerprint density at radius 1 is 1.20 bits per heavy atom. The second-order valence-electron chi connectivity index (χ2n) is 7.84. The van der Waals surface area contributed by atoms with Crippen molar-refractivity contribution in [3.63, 3.8) is 0 Å². The summed E-state index contributed by atoms with van der Waals surface area (Å²) in [5.74, 6) is 0.207. The summed E-state index contributed by atoms with van der Waals surface area (Å²) >= 11 is 0. The topological polar surface area (TPSA) is 35.6 Å². The Kier molecular flexibility index (Phi) is 6.13. The van der Waals surface area contributed by atoms with Gasteiger partial charge in [-0.15, -0.1) is 0 Å². The van der Waals surface area contributed by atoms with E-state index in [9.17, 15) is 4.79 Å². The van der Waals surface area contributed by atoms with E-state index in [0.29, 0.717) is 18.1 Å². The second kappa shape index (κ2) is 8.33. The monoisotopic (exact) mass is 343 g/mol. The predicted octanol–water partition coefficient (Wildman–Crippen LogP) is 3.27. The van der Waals surface area contributed by atoms with Crippen molar-refractivity contribution in [2.45, 2.75) is 71.1 Å². The summed E-state index contributed by atoms with van der Waals surface area (Å²) in [6.07, 6.45) is 4.75. The molecule has 1 aromatic rings. The van der Waals surface area contributed by atoms with Gasteiger partial charge in [0.1, 0.15) is 0 Å². The molecule has 1 N–H and O–H groups in total. The van der Waals surface area contributed by atoms with Gasteiger partial charge in [0, 0.05) is 36.8 Å². The van der Waals surface area contributed by atoms with Crippen LogP contribution in [0.1, 0.15) is 62.4 Å². The van der Waals surface area contributed by atoms with Gasteiger partial charge in [0.25, 0.3) is 5.91 Å². The molecule has 0 radical (unpaired) electrons. The van der Waals surface area contributed by atoms with Crippen molar-refractivity contribution < 1.29 is 4.79 Å². The zero-order valence-corrected chi connectivity index (χ0v) is 16.0. The lowest BCUT2D eigenvalue weighted by molar-refractivity contribution is 0.0728. The highest BCUT2D eigenvalue weighted by Gasteiger charge is 2.34. The molecule has 2 fully saturated rings. The number of nitrogens with zero attached hydrogens (tertiary/aromatic N) is 2. The Hall–Kier alpha value is -1.39. The Bertz CT molecular complexity index is 559. The molecule has 1 aromatic carbocycles. The number of carbonyl (C=O) groups excluding carboxylic acids is 1. The van der Waals surface area contributed by atoms with Gasteiger partial charge in [0.2, 0.25) is 0 Å². The van der Waals surface area contributed by atoms with Crippen molar-refractivity contribution >= 4 is 5.91 Å². The van der Waals surface area contributed by atoms with Gasteiger partial charge >= 0.3 is 0 Å². The van der Waals surface area contributed by atoms with Gasteiger partial charge in [-0.3, -0.25) is 9.69 Å². The highest BCUT2D eigenvalue weighted by atomic mass is 16.2. The third-order valence-corrected chi connectivity index (χ3v) is 5.55. The first kappa shape index (κ1) is 18.4. The second-order valence-corrected chi connectivity index (χ2v) is 7.84. The molecule has 1 aliphatic heterocycles. The molecule has 0 spiro atoms. The van der Waals surface area contributed by atoms with E-state index in [0.717, 1.165) is 44.6 Å². The normalized spacial score (nSPS) is 20.4. The average Bonchev–Trinajstić information content (AvgIpc) is 3.33. The van der Waals surface area contributed by atoms with Crippen molar-refractivity contribution in [3.8, 4) is 0 Å². The third-order valence-electron chi connectivity index (χ3n) is 5.55. The zero-order valence-electron chi connectivity index (χ0n) is 16.0. The Labute approximate surface area is 152 Å². The average molecular weight is 344 g/mol. The summed E-state index contributed by atoms with van der Waals surface area (Å²) < 4.78 is 0. The SMILES string of the molecule is CCN(Cc1ccc(C(=O)N(C[C@H]2CCCN2)C2CC2)cc1)C(C)C. The molecule has 1 aliphatic carbocycles. The molecular formula is C21H33N3O. The Morgan fingerprint density at radius 3 is 2.44 bits per heavy atom. The number of benzene rings is 1. The maximum atomic E-state index is 13.0. The standard InChI is InChI=1S/C21H33N3O/c1-4-23(16(2)3)14-17-7-9-18(10-8-17)21(25)24(20-11-12-20)15-19-6-5-13-22-19/h7-10,16,19-20,22H,4-6,11-15H2,1-3H3/t19-/m1/s1. The van der Waals surface area contributed by atoms with Crippen LogP contribution in [-0.2, 0) is 6.54 Å². The first-order valence-electron chi connectivity index (χ1n) is 9.95. The summed E-state index contributed by atoms with van der Waals surface area (Å²) in [7, 11) is 0. The fraction of sp³-hybridized carbons (Fsp3) is 0.667. The number of amides is 1. The van der Waals surface area contributed by atoms with Crippen molar-refractivity contribution in [3.05, 3.63) is 35.4 Å². The number of nitrogens with one attached hydrogen (secondary N) is 1. The summed E-state index contributed by atoms with van der Waals surface area (Å²) in [6, 6.07) is 9.76. The quantitative estimate of drug-likeness (QED) is 0.787. The molecule has 1 saturated heterocycles. The van der Waals surface area contributed by atoms with Crippen molar-refractivity contribution in [1.29, 1.82) is 0 Å². The van der Waals surface area contributed by atoms with Crippen LogP contribution in [0.25, 0.3) is 0 Å². The molecule has 3 rings (SSSR count). The maximum Gasteiger partial charge on any atom is 0.254 e. The molecule has 1 amide bonds. The molecule has 4 heteroatoms. The molecule has 0 unspecified atom stereocenters. The van der Waals surface area contributed by atoms with E-state index in [-0.39, 0.29) is 5.91 Å². The summed E-state index contributed by atoms with van der Waals surface area (Å²) in [5.41, 5.74) is 2.11. The first-order valence-corrected chi connectivity index (χ1v) is 9.95. The van der Waals surface area contributed by atoms with Crippen molar-refractivity contribution in [1.82, 2.24) is 15.1 Å².